The van der Waals surface area contributed by atoms with Crippen molar-refractivity contribution in [3.63, 3.8) is 0 Å². The minimum atomic E-state index is 0.165. The third-order valence-corrected chi connectivity index (χ3v) is 3.20. The minimum Gasteiger partial charge on any atom is -0.494 e. The first-order valence-corrected chi connectivity index (χ1v) is 7.01. The van der Waals surface area contributed by atoms with Crippen molar-refractivity contribution < 1.29 is 9.53 Å². The van der Waals surface area contributed by atoms with Gasteiger partial charge in [0.1, 0.15) is 5.75 Å². The van der Waals surface area contributed by atoms with Crippen molar-refractivity contribution in [3.05, 3.63) is 64.6 Å². The van der Waals surface area contributed by atoms with Gasteiger partial charge in [0.15, 0.2) is 5.78 Å². The van der Waals surface area contributed by atoms with Crippen LogP contribution in [0.4, 0.5) is 0 Å². The second kappa shape index (κ2) is 7.10. The van der Waals surface area contributed by atoms with E-state index in [-0.39, 0.29) is 5.78 Å². The van der Waals surface area contributed by atoms with E-state index >= 15 is 0 Å². The van der Waals surface area contributed by atoms with Crippen LogP contribution in [-0.4, -0.2) is 12.4 Å². The van der Waals surface area contributed by atoms with Crippen LogP contribution < -0.4 is 4.74 Å². The van der Waals surface area contributed by atoms with E-state index in [9.17, 15) is 4.79 Å². The molecule has 0 bridgehead atoms. The monoisotopic (exact) mass is 318 g/mol. The van der Waals surface area contributed by atoms with Gasteiger partial charge in [-0.25, -0.2) is 0 Å². The van der Waals surface area contributed by atoms with Crippen molar-refractivity contribution in [1.82, 2.24) is 0 Å². The van der Waals surface area contributed by atoms with E-state index < -0.39 is 0 Å². The zero-order chi connectivity index (χ0) is 13.5. The van der Waals surface area contributed by atoms with E-state index in [2.05, 4.69) is 15.9 Å². The molecule has 0 fully saturated rings. The number of ketones is 1. The van der Waals surface area contributed by atoms with Crippen molar-refractivity contribution in [2.45, 2.75) is 12.8 Å². The molecular formula is C16H15BrO2. The highest BCUT2D eigenvalue weighted by Gasteiger charge is 2.04. The maximum atomic E-state index is 11.8. The van der Waals surface area contributed by atoms with Gasteiger partial charge in [0.25, 0.3) is 0 Å². The lowest BCUT2D eigenvalue weighted by molar-refractivity contribution is 0.0973. The van der Waals surface area contributed by atoms with E-state index in [4.69, 9.17) is 4.74 Å². The first-order chi connectivity index (χ1) is 9.25. The summed E-state index contributed by atoms with van der Waals surface area (Å²) in [6.45, 7) is 0.551. The normalized spacial score (nSPS) is 10.2. The molecule has 0 heterocycles. The molecule has 0 atom stereocenters. The van der Waals surface area contributed by atoms with Crippen molar-refractivity contribution in [2.75, 3.05) is 6.61 Å². The van der Waals surface area contributed by atoms with E-state index in [0.717, 1.165) is 22.2 Å². The predicted octanol–water partition coefficient (Wildman–Crippen LogP) is 4.49. The van der Waals surface area contributed by atoms with E-state index in [0.29, 0.717) is 13.0 Å². The zero-order valence-corrected chi connectivity index (χ0v) is 12.1. The maximum absolute atomic E-state index is 11.8. The van der Waals surface area contributed by atoms with Crippen molar-refractivity contribution >= 4 is 21.7 Å². The highest BCUT2D eigenvalue weighted by molar-refractivity contribution is 9.10. The molecule has 2 aromatic carbocycles. The Labute approximate surface area is 121 Å². The second-order valence-corrected chi connectivity index (χ2v) is 5.11. The van der Waals surface area contributed by atoms with Gasteiger partial charge in [-0.2, -0.15) is 0 Å². The molecule has 0 saturated heterocycles. The Hall–Kier alpha value is -1.61. The molecule has 0 saturated carbocycles. The van der Waals surface area contributed by atoms with Gasteiger partial charge in [0.05, 0.1) is 6.61 Å². The Morgan fingerprint density at radius 3 is 2.58 bits per heavy atom. The maximum Gasteiger partial charge on any atom is 0.163 e. The molecule has 2 nitrogen and oxygen atoms in total. The highest BCUT2D eigenvalue weighted by Crippen LogP contribution is 2.18. The van der Waals surface area contributed by atoms with Gasteiger partial charge < -0.3 is 4.74 Å². The van der Waals surface area contributed by atoms with Gasteiger partial charge in [0, 0.05) is 16.5 Å². The summed E-state index contributed by atoms with van der Waals surface area (Å²) in [5.74, 6) is 0.986. The Morgan fingerprint density at radius 2 is 1.84 bits per heavy atom. The summed E-state index contributed by atoms with van der Waals surface area (Å²) in [6, 6.07) is 17.1. The highest BCUT2D eigenvalue weighted by atomic mass is 79.9. The number of halogens is 1. The van der Waals surface area contributed by atoms with Gasteiger partial charge in [0.2, 0.25) is 0 Å². The fourth-order valence-electron chi connectivity index (χ4n) is 1.75. The van der Waals surface area contributed by atoms with Crippen LogP contribution in [0.15, 0.2) is 59.1 Å². The molecule has 0 aliphatic heterocycles. The number of benzene rings is 2. The average molecular weight is 319 g/mol. The number of hydrogen-bond acceptors (Lipinski definition) is 2. The predicted molar refractivity (Wildman–Crippen MR) is 79.6 cm³/mol. The number of carbonyl (C=O) groups is 1. The molecule has 3 heteroatoms. The molecule has 19 heavy (non-hydrogen) atoms. The average Bonchev–Trinajstić information content (AvgIpc) is 2.44. The Kier molecular flexibility index (Phi) is 5.16. The SMILES string of the molecule is O=C(CCCOc1cccc(Br)c1)c1ccccc1. The Balaban J connectivity index is 1.74. The molecule has 2 aromatic rings. The number of ether oxygens (including phenoxy) is 1. The topological polar surface area (TPSA) is 26.3 Å². The lowest BCUT2D eigenvalue weighted by Gasteiger charge is -2.06. The second-order valence-electron chi connectivity index (χ2n) is 4.20. The van der Waals surface area contributed by atoms with Crippen LogP contribution in [0.2, 0.25) is 0 Å². The molecular weight excluding hydrogens is 304 g/mol. The lowest BCUT2D eigenvalue weighted by atomic mass is 10.1. The Morgan fingerprint density at radius 1 is 1.05 bits per heavy atom. The summed E-state index contributed by atoms with van der Waals surface area (Å²) >= 11 is 3.39. The zero-order valence-electron chi connectivity index (χ0n) is 10.5. The first kappa shape index (κ1) is 13.8. The van der Waals surface area contributed by atoms with E-state index in [1.54, 1.807) is 0 Å². The third kappa shape index (κ3) is 4.52. The van der Waals surface area contributed by atoms with Crippen LogP contribution in [-0.2, 0) is 0 Å². The van der Waals surface area contributed by atoms with Crippen LogP contribution in [0.1, 0.15) is 23.2 Å². The molecule has 0 unspecified atom stereocenters. The molecule has 0 aliphatic rings. The number of rotatable bonds is 6. The van der Waals surface area contributed by atoms with E-state index in [1.807, 2.05) is 54.6 Å². The molecule has 2 rings (SSSR count). The van der Waals surface area contributed by atoms with Crippen molar-refractivity contribution in [1.29, 1.82) is 0 Å². The lowest BCUT2D eigenvalue weighted by Crippen LogP contribution is -2.03. The van der Waals surface area contributed by atoms with Gasteiger partial charge in [-0.3, -0.25) is 4.79 Å². The summed E-state index contributed by atoms with van der Waals surface area (Å²) in [7, 11) is 0. The van der Waals surface area contributed by atoms with Gasteiger partial charge in [-0.05, 0) is 24.6 Å². The summed E-state index contributed by atoms with van der Waals surface area (Å²) in [5, 5.41) is 0. The summed E-state index contributed by atoms with van der Waals surface area (Å²) in [6.07, 6.45) is 1.23. The fourth-order valence-corrected chi connectivity index (χ4v) is 2.13. The molecule has 98 valence electrons. The smallest absolute Gasteiger partial charge is 0.163 e. The molecule has 0 radical (unpaired) electrons. The number of carbonyl (C=O) groups excluding carboxylic acids is 1. The van der Waals surface area contributed by atoms with Gasteiger partial charge in [-0.1, -0.05) is 52.3 Å². The largest absolute Gasteiger partial charge is 0.494 e. The first-order valence-electron chi connectivity index (χ1n) is 6.22. The van der Waals surface area contributed by atoms with Crippen molar-refractivity contribution in [3.8, 4) is 5.75 Å². The van der Waals surface area contributed by atoms with Gasteiger partial charge >= 0.3 is 0 Å². The molecule has 0 amide bonds. The van der Waals surface area contributed by atoms with Crippen LogP contribution in [0, 0.1) is 0 Å². The van der Waals surface area contributed by atoms with Crippen LogP contribution >= 0.6 is 15.9 Å². The van der Waals surface area contributed by atoms with Crippen molar-refractivity contribution in [2.24, 2.45) is 0 Å². The summed E-state index contributed by atoms with van der Waals surface area (Å²) in [4.78, 5) is 11.8. The van der Waals surface area contributed by atoms with Gasteiger partial charge in [-0.15, -0.1) is 0 Å². The molecule has 0 aromatic heterocycles. The van der Waals surface area contributed by atoms with Crippen LogP contribution in [0.3, 0.4) is 0 Å². The van der Waals surface area contributed by atoms with Crippen LogP contribution in [0.5, 0.6) is 5.75 Å². The fraction of sp³-hybridized carbons (Fsp3) is 0.188. The van der Waals surface area contributed by atoms with E-state index in [1.165, 1.54) is 0 Å². The summed E-state index contributed by atoms with van der Waals surface area (Å²) < 4.78 is 6.58. The third-order valence-electron chi connectivity index (χ3n) is 2.71. The number of Topliss-reactive ketones (excluding diaryl/α,β-unsaturated/α-hetero) is 1. The Bertz CT molecular complexity index is 537. The molecule has 0 spiro atoms. The number of hydrogen-bond donors (Lipinski definition) is 0. The minimum absolute atomic E-state index is 0.165. The summed E-state index contributed by atoms with van der Waals surface area (Å²) in [5.41, 5.74) is 0.768. The standard InChI is InChI=1S/C16H15BrO2/c17-14-8-4-9-15(12-14)19-11-5-10-16(18)13-6-2-1-3-7-13/h1-4,6-9,12H,5,10-11H2. The van der Waals surface area contributed by atoms with Crippen LogP contribution in [0.25, 0.3) is 0 Å². The molecule has 0 aliphatic carbocycles. The quantitative estimate of drug-likeness (QED) is 0.579. The molecule has 0 N–H and O–H groups in total.